The van der Waals surface area contributed by atoms with E-state index in [2.05, 4.69) is 47.9 Å². The Kier molecular flexibility index (Phi) is 28.7. The summed E-state index contributed by atoms with van der Waals surface area (Å²) >= 11 is 0. The number of amides is 12. The predicted molar refractivity (Wildman–Crippen MR) is 316 cm³/mol. The van der Waals surface area contributed by atoms with E-state index in [1.807, 2.05) is 48.5 Å². The SMILES string of the molecule is CCC(C)C(NC(=O)C(CCC(N)=O)NC(=O)C(C)(C)NC(C)=O)C(=O)NC(CC(C)C)C(=O)NC(C)(C)C(=O)N1CCCC1C(=O)NC(CC(C)C)C(=O)NC(C(=O)NC(C)(C)C(=O)N1CCCC1C(=O)NC(CO)CC(C)C)C(C)CC. The minimum atomic E-state index is -1.65. The summed E-state index contributed by atoms with van der Waals surface area (Å²) in [5.41, 5.74) is 0.762. The molecule has 2 heterocycles. The fraction of sp³-hybridized carbons (Fsp3) is 0.797. The van der Waals surface area contributed by atoms with Gasteiger partial charge < -0.3 is 68.5 Å². The summed E-state index contributed by atoms with van der Waals surface area (Å²) in [6.45, 7) is 28.7. The molecule has 2 aliphatic rings. The number of nitrogens with zero attached hydrogens (tertiary/aromatic N) is 2. The molecule has 84 heavy (non-hydrogen) atoms. The molecule has 2 saturated heterocycles. The first kappa shape index (κ1) is 73.7. The van der Waals surface area contributed by atoms with Crippen LogP contribution in [0.5, 0.6) is 0 Å². The average Bonchev–Trinajstić information content (AvgIpc) is 4.30. The second-order valence-electron chi connectivity index (χ2n) is 26.0. The van der Waals surface area contributed by atoms with E-state index in [1.54, 1.807) is 20.8 Å². The highest BCUT2D eigenvalue weighted by Gasteiger charge is 2.46. The quantitative estimate of drug-likeness (QED) is 0.0439. The highest BCUT2D eigenvalue weighted by molar-refractivity contribution is 6.01. The van der Waals surface area contributed by atoms with E-state index in [0.29, 0.717) is 38.5 Å². The molecule has 0 bridgehead atoms. The van der Waals surface area contributed by atoms with Gasteiger partial charge in [0.25, 0.3) is 0 Å². The molecule has 0 aromatic carbocycles. The lowest BCUT2D eigenvalue weighted by molar-refractivity contribution is -0.146. The fourth-order valence-corrected chi connectivity index (χ4v) is 10.5. The van der Waals surface area contributed by atoms with Gasteiger partial charge in [-0.1, -0.05) is 82.1 Å². The van der Waals surface area contributed by atoms with Gasteiger partial charge in [-0.3, -0.25) is 57.5 Å². The lowest BCUT2D eigenvalue weighted by Crippen LogP contribution is -2.64. The van der Waals surface area contributed by atoms with Crippen molar-refractivity contribution < 1.29 is 62.6 Å². The first-order chi connectivity index (χ1) is 38.8. The summed E-state index contributed by atoms with van der Waals surface area (Å²) in [5, 5.41) is 34.6. The van der Waals surface area contributed by atoms with E-state index in [0.717, 1.165) is 0 Å². The highest BCUT2D eigenvalue weighted by atomic mass is 16.3. The summed E-state index contributed by atoms with van der Waals surface area (Å²) in [6, 6.07) is -8.49. The van der Waals surface area contributed by atoms with Crippen molar-refractivity contribution in [1.29, 1.82) is 0 Å². The predicted octanol–water partition coefficient (Wildman–Crippen LogP) is 1.07. The molecule has 12 amide bonds. The zero-order valence-electron chi connectivity index (χ0n) is 53.2. The van der Waals surface area contributed by atoms with Crippen molar-refractivity contribution in [2.24, 2.45) is 35.3 Å². The van der Waals surface area contributed by atoms with Crippen LogP contribution in [0, 0.1) is 29.6 Å². The minimum Gasteiger partial charge on any atom is -0.394 e. The fourth-order valence-electron chi connectivity index (χ4n) is 10.5. The van der Waals surface area contributed by atoms with Crippen LogP contribution in [0.1, 0.15) is 188 Å². The summed E-state index contributed by atoms with van der Waals surface area (Å²) in [4.78, 5) is 167. The molecule has 2 rings (SSSR count). The van der Waals surface area contributed by atoms with Gasteiger partial charge in [-0.05, 0) is 122 Å². The largest absolute Gasteiger partial charge is 0.394 e. The number of hydrogen-bond acceptors (Lipinski definition) is 13. The first-order valence-corrected chi connectivity index (χ1v) is 30.1. The normalized spacial score (nSPS) is 18.5. The summed E-state index contributed by atoms with van der Waals surface area (Å²) < 4.78 is 0. The van der Waals surface area contributed by atoms with Crippen molar-refractivity contribution in [1.82, 2.24) is 57.7 Å². The monoisotopic (exact) mass is 1190 g/mol. The molecule has 0 saturated carbocycles. The van der Waals surface area contributed by atoms with Crippen molar-refractivity contribution in [3.05, 3.63) is 0 Å². The average molecular weight is 1190 g/mol. The maximum Gasteiger partial charge on any atom is 0.248 e. The van der Waals surface area contributed by atoms with Crippen molar-refractivity contribution in [2.75, 3.05) is 19.7 Å². The molecule has 0 aliphatic carbocycles. The van der Waals surface area contributed by atoms with Crippen molar-refractivity contribution in [3.8, 4) is 0 Å². The third kappa shape index (κ3) is 22.2. The van der Waals surface area contributed by atoms with Gasteiger partial charge in [-0.15, -0.1) is 0 Å². The van der Waals surface area contributed by atoms with Crippen LogP contribution >= 0.6 is 0 Å². The Bertz CT molecular complexity index is 2340. The van der Waals surface area contributed by atoms with Crippen LogP contribution < -0.4 is 53.6 Å². The Morgan fingerprint density at radius 3 is 1.35 bits per heavy atom. The summed E-state index contributed by atoms with van der Waals surface area (Å²) in [6.07, 6.45) is 2.72. The van der Waals surface area contributed by atoms with Crippen LogP contribution in [0.2, 0.25) is 0 Å². The van der Waals surface area contributed by atoms with Gasteiger partial charge in [0.05, 0.1) is 12.6 Å². The van der Waals surface area contributed by atoms with E-state index in [4.69, 9.17) is 5.73 Å². The zero-order valence-corrected chi connectivity index (χ0v) is 53.2. The smallest absolute Gasteiger partial charge is 0.248 e. The van der Waals surface area contributed by atoms with Gasteiger partial charge in [0.2, 0.25) is 70.9 Å². The molecular formula is C59H104N12O13. The van der Waals surface area contributed by atoms with Crippen molar-refractivity contribution >= 4 is 70.9 Å². The number of nitrogens with one attached hydrogen (secondary N) is 9. The molecule has 0 aromatic rings. The number of aliphatic hydroxyl groups is 1. The van der Waals surface area contributed by atoms with E-state index >= 15 is 0 Å². The molecule has 10 unspecified atom stereocenters. The molecule has 478 valence electrons. The summed E-state index contributed by atoms with van der Waals surface area (Å²) in [7, 11) is 0. The molecule has 0 aromatic heterocycles. The topological polar surface area (TPSA) is 366 Å². The highest BCUT2D eigenvalue weighted by Crippen LogP contribution is 2.25. The third-order valence-electron chi connectivity index (χ3n) is 15.5. The number of carbonyl (C=O) groups excluding carboxylic acids is 12. The molecule has 2 fully saturated rings. The first-order valence-electron chi connectivity index (χ1n) is 30.1. The lowest BCUT2D eigenvalue weighted by atomic mass is 9.94. The zero-order chi connectivity index (χ0) is 64.4. The summed E-state index contributed by atoms with van der Waals surface area (Å²) in [5.74, 6) is -8.75. The number of nitrogens with two attached hydrogens (primary N) is 1. The number of likely N-dealkylation sites (tertiary alicyclic amines) is 2. The minimum absolute atomic E-state index is 0.104. The maximum atomic E-state index is 14.5. The van der Waals surface area contributed by atoms with E-state index in [1.165, 1.54) is 58.3 Å². The van der Waals surface area contributed by atoms with Gasteiger partial charge in [-0.2, -0.15) is 0 Å². The van der Waals surface area contributed by atoms with Crippen LogP contribution in [0.4, 0.5) is 0 Å². The molecule has 25 nitrogen and oxygen atoms in total. The Morgan fingerprint density at radius 1 is 0.512 bits per heavy atom. The molecule has 25 heteroatoms. The Morgan fingerprint density at radius 2 is 0.929 bits per heavy atom. The standard InChI is InChI=1S/C59H104N12O13/c1-18-35(9)45(65-47(75)39(24-25-44(60)74)64-54(82)57(12,13)67-37(11)73)52(80)63-41(30-34(7)8)49(77)68-58(14,15)55(83)71-27-21-23-43(71)51(79)62-40(29-33(5)6)48(76)66-46(36(10)19-2)53(81)69-59(16,17)56(84)70-26-20-22-42(70)50(78)61-38(31-72)28-32(3)4/h32-36,38-43,45-46,72H,18-31H2,1-17H3,(H2,60,74)(H,61,78)(H,62,79)(H,63,80)(H,64,82)(H,65,75)(H,66,76)(H,67,73)(H,68,77)(H,69,81). The van der Waals surface area contributed by atoms with Gasteiger partial charge >= 0.3 is 0 Å². The Hall–Kier alpha value is -6.40. The second kappa shape index (κ2) is 32.8. The van der Waals surface area contributed by atoms with Crippen LogP contribution in [-0.4, -0.2) is 170 Å². The van der Waals surface area contributed by atoms with E-state index in [-0.39, 0.29) is 75.5 Å². The molecule has 12 N–H and O–H groups in total. The van der Waals surface area contributed by atoms with Crippen LogP contribution in [0.15, 0.2) is 0 Å². The Labute approximate surface area is 497 Å². The van der Waals surface area contributed by atoms with E-state index < -0.39 is 142 Å². The van der Waals surface area contributed by atoms with Crippen molar-refractivity contribution in [2.45, 2.75) is 253 Å². The number of aliphatic hydroxyl groups excluding tert-OH is 1. The third-order valence-corrected chi connectivity index (χ3v) is 15.5. The van der Waals surface area contributed by atoms with Crippen LogP contribution in [-0.2, 0) is 57.5 Å². The van der Waals surface area contributed by atoms with Crippen LogP contribution in [0.25, 0.3) is 0 Å². The van der Waals surface area contributed by atoms with Gasteiger partial charge in [0.1, 0.15) is 58.9 Å². The number of primary amides is 1. The number of carbonyl (C=O) groups is 12. The van der Waals surface area contributed by atoms with E-state index in [9.17, 15) is 62.6 Å². The van der Waals surface area contributed by atoms with Gasteiger partial charge in [-0.25, -0.2) is 0 Å². The second-order valence-corrected chi connectivity index (χ2v) is 26.0. The molecular weight excluding hydrogens is 1080 g/mol. The van der Waals surface area contributed by atoms with Crippen molar-refractivity contribution in [3.63, 3.8) is 0 Å². The molecule has 0 spiro atoms. The maximum absolute atomic E-state index is 14.5. The number of rotatable bonds is 33. The lowest BCUT2D eigenvalue weighted by Gasteiger charge is -2.36. The molecule has 10 atom stereocenters. The molecule has 2 aliphatic heterocycles. The Balaban J connectivity index is 2.32. The van der Waals surface area contributed by atoms with Gasteiger partial charge in [0, 0.05) is 26.4 Å². The number of hydrogen-bond donors (Lipinski definition) is 11. The van der Waals surface area contributed by atoms with Gasteiger partial charge in [0.15, 0.2) is 0 Å². The van der Waals surface area contributed by atoms with Crippen LogP contribution in [0.3, 0.4) is 0 Å². The molecule has 0 radical (unpaired) electrons.